The van der Waals surface area contributed by atoms with Crippen molar-refractivity contribution in [3.8, 4) is 0 Å². The Morgan fingerprint density at radius 3 is 2.81 bits per heavy atom. The number of ether oxygens (including phenoxy) is 1. The minimum absolute atomic E-state index is 0.181. The molecule has 3 heterocycles. The highest BCUT2D eigenvalue weighted by Gasteiger charge is 2.16. The molecule has 1 amide bonds. The van der Waals surface area contributed by atoms with Crippen LogP contribution >= 0.6 is 15.9 Å². The Morgan fingerprint density at radius 2 is 2.15 bits per heavy atom. The van der Waals surface area contributed by atoms with Gasteiger partial charge in [0, 0.05) is 41.4 Å². The maximum absolute atomic E-state index is 12.4. The van der Waals surface area contributed by atoms with Gasteiger partial charge in [-0.3, -0.25) is 14.6 Å². The molecule has 2 aromatic heterocycles. The van der Waals surface area contributed by atoms with E-state index >= 15 is 0 Å². The summed E-state index contributed by atoms with van der Waals surface area (Å²) in [5.41, 5.74) is 0.972. The molecule has 0 aromatic carbocycles. The summed E-state index contributed by atoms with van der Waals surface area (Å²) < 4.78 is 6.15. The molecule has 0 aliphatic carbocycles. The van der Waals surface area contributed by atoms with Crippen LogP contribution in [0.1, 0.15) is 17.7 Å². The van der Waals surface area contributed by atoms with Gasteiger partial charge in [-0.1, -0.05) is 0 Å². The smallest absolute Gasteiger partial charge is 0.255 e. The molecule has 2 N–H and O–H groups in total. The summed E-state index contributed by atoms with van der Waals surface area (Å²) in [6.07, 6.45) is 2.11. The largest absolute Gasteiger partial charge is 0.378 e. The molecule has 3 rings (SSSR count). The van der Waals surface area contributed by atoms with E-state index in [9.17, 15) is 9.59 Å². The van der Waals surface area contributed by atoms with Gasteiger partial charge in [0.1, 0.15) is 5.82 Å². The van der Waals surface area contributed by atoms with Gasteiger partial charge in [-0.2, -0.15) is 0 Å². The van der Waals surface area contributed by atoms with E-state index in [1.807, 2.05) is 4.90 Å². The summed E-state index contributed by atoms with van der Waals surface area (Å²) >= 11 is 3.29. The second-order valence-electron chi connectivity index (χ2n) is 5.96. The summed E-state index contributed by atoms with van der Waals surface area (Å²) in [7, 11) is 0. The van der Waals surface area contributed by atoms with Gasteiger partial charge in [0.2, 0.25) is 11.9 Å². The van der Waals surface area contributed by atoms with Gasteiger partial charge >= 0.3 is 0 Å². The third kappa shape index (κ3) is 4.67. The van der Waals surface area contributed by atoms with Crippen LogP contribution < -0.4 is 15.8 Å². The first-order valence-electron chi connectivity index (χ1n) is 8.37. The van der Waals surface area contributed by atoms with E-state index in [2.05, 4.69) is 36.2 Å². The number of hydrogen-bond donors (Lipinski definition) is 2. The van der Waals surface area contributed by atoms with E-state index in [4.69, 9.17) is 4.74 Å². The van der Waals surface area contributed by atoms with Gasteiger partial charge in [0.25, 0.3) is 5.56 Å². The van der Waals surface area contributed by atoms with Crippen LogP contribution in [0.4, 0.5) is 11.8 Å². The molecular weight excluding hydrogens is 402 g/mol. The zero-order chi connectivity index (χ0) is 18.5. The van der Waals surface area contributed by atoms with Crippen molar-refractivity contribution in [3.63, 3.8) is 0 Å². The van der Waals surface area contributed by atoms with Crippen LogP contribution in [0.5, 0.6) is 0 Å². The average Bonchev–Trinajstić information content (AvgIpc) is 2.63. The van der Waals surface area contributed by atoms with Crippen LogP contribution in [-0.4, -0.2) is 47.2 Å². The number of carbonyl (C=O) groups excluding carboxylic acids is 1. The Hall–Kier alpha value is -2.26. The van der Waals surface area contributed by atoms with Crippen molar-refractivity contribution in [2.45, 2.75) is 19.8 Å². The van der Waals surface area contributed by atoms with Crippen molar-refractivity contribution in [3.05, 3.63) is 44.4 Å². The van der Waals surface area contributed by atoms with Gasteiger partial charge in [-0.15, -0.1) is 0 Å². The average molecular weight is 422 g/mol. The molecule has 0 radical (unpaired) electrons. The fourth-order valence-corrected chi connectivity index (χ4v) is 2.94. The zero-order valence-corrected chi connectivity index (χ0v) is 16.0. The number of morpholine rings is 1. The number of aromatic amines is 1. The molecule has 1 aliphatic rings. The van der Waals surface area contributed by atoms with E-state index in [1.54, 1.807) is 25.3 Å². The Morgan fingerprint density at radius 1 is 1.38 bits per heavy atom. The minimum atomic E-state index is -0.200. The molecule has 0 bridgehead atoms. The third-order valence-electron chi connectivity index (χ3n) is 4.12. The van der Waals surface area contributed by atoms with Gasteiger partial charge in [0.15, 0.2) is 0 Å². The molecule has 1 saturated heterocycles. The van der Waals surface area contributed by atoms with Crippen molar-refractivity contribution >= 4 is 33.6 Å². The molecule has 0 spiro atoms. The monoisotopic (exact) mass is 421 g/mol. The summed E-state index contributed by atoms with van der Waals surface area (Å²) in [5.74, 6) is 0.837. The number of anilines is 2. The lowest BCUT2D eigenvalue weighted by Gasteiger charge is -2.27. The molecule has 0 saturated carbocycles. The van der Waals surface area contributed by atoms with Crippen molar-refractivity contribution in [1.82, 2.24) is 15.0 Å². The van der Waals surface area contributed by atoms with E-state index in [-0.39, 0.29) is 17.9 Å². The van der Waals surface area contributed by atoms with E-state index in [0.717, 1.165) is 4.47 Å². The van der Waals surface area contributed by atoms with Crippen LogP contribution in [0.2, 0.25) is 0 Å². The van der Waals surface area contributed by atoms with Gasteiger partial charge in [0.05, 0.1) is 13.2 Å². The number of nitrogens with one attached hydrogen (secondary N) is 2. The number of aromatic nitrogens is 3. The zero-order valence-electron chi connectivity index (χ0n) is 14.4. The number of carbonyl (C=O) groups is 1. The van der Waals surface area contributed by atoms with Gasteiger partial charge in [-0.05, 0) is 41.4 Å². The van der Waals surface area contributed by atoms with Crippen LogP contribution in [0.15, 0.2) is 27.6 Å². The number of hydrogen-bond acceptors (Lipinski definition) is 6. The Balaban J connectivity index is 1.63. The molecular formula is C17H20BrN5O3. The quantitative estimate of drug-likeness (QED) is 0.760. The fraction of sp³-hybridized carbons (Fsp3) is 0.412. The minimum Gasteiger partial charge on any atom is -0.378 e. The van der Waals surface area contributed by atoms with Crippen molar-refractivity contribution in [1.29, 1.82) is 0 Å². The first-order chi connectivity index (χ1) is 12.5. The third-order valence-corrected chi connectivity index (χ3v) is 4.59. The van der Waals surface area contributed by atoms with Crippen molar-refractivity contribution in [2.24, 2.45) is 0 Å². The Labute approximate surface area is 159 Å². The fourth-order valence-electron chi connectivity index (χ4n) is 2.71. The van der Waals surface area contributed by atoms with E-state index < -0.39 is 0 Å². The van der Waals surface area contributed by atoms with Crippen LogP contribution in [0.3, 0.4) is 0 Å². The number of rotatable bonds is 5. The van der Waals surface area contributed by atoms with Crippen molar-refractivity contribution in [2.75, 3.05) is 36.5 Å². The summed E-state index contributed by atoms with van der Waals surface area (Å²) in [5, 5.41) is 2.72. The molecule has 0 atom stereocenters. The van der Waals surface area contributed by atoms with E-state index in [1.165, 1.54) is 0 Å². The van der Waals surface area contributed by atoms with Crippen LogP contribution in [0, 0.1) is 6.92 Å². The lowest BCUT2D eigenvalue weighted by Crippen LogP contribution is -2.38. The second-order valence-corrected chi connectivity index (χ2v) is 6.88. The number of nitrogens with zero attached hydrogens (tertiary/aromatic N) is 3. The summed E-state index contributed by atoms with van der Waals surface area (Å²) in [4.78, 5) is 37.9. The SMILES string of the molecule is Cc1nc(N2CCOCC2)[nH]c(=O)c1CCC(=O)Nc1ccc(Br)cn1. The Kier molecular flexibility index (Phi) is 6.00. The molecule has 26 heavy (non-hydrogen) atoms. The van der Waals surface area contributed by atoms with Gasteiger partial charge < -0.3 is 15.0 Å². The first kappa shape index (κ1) is 18.5. The summed E-state index contributed by atoms with van der Waals surface area (Å²) in [6, 6.07) is 3.50. The standard InChI is InChI=1S/C17H20BrN5O3/c1-11-13(3-5-15(24)21-14-4-2-12(18)10-19-14)16(25)22-17(20-11)23-6-8-26-9-7-23/h2,4,10H,3,5-9H2,1H3,(H,19,21,24)(H,20,22,25). The lowest BCUT2D eigenvalue weighted by molar-refractivity contribution is -0.116. The van der Waals surface area contributed by atoms with Crippen LogP contribution in [-0.2, 0) is 16.0 Å². The highest BCUT2D eigenvalue weighted by atomic mass is 79.9. The highest BCUT2D eigenvalue weighted by Crippen LogP contribution is 2.13. The maximum Gasteiger partial charge on any atom is 0.255 e. The number of pyridine rings is 1. The molecule has 9 heteroatoms. The highest BCUT2D eigenvalue weighted by molar-refractivity contribution is 9.10. The first-order valence-corrected chi connectivity index (χ1v) is 9.16. The normalized spacial score (nSPS) is 14.3. The Bertz CT molecular complexity index is 831. The molecule has 138 valence electrons. The molecule has 0 unspecified atom stereocenters. The number of amides is 1. The van der Waals surface area contributed by atoms with Crippen LogP contribution in [0.25, 0.3) is 0 Å². The summed E-state index contributed by atoms with van der Waals surface area (Å²) in [6.45, 7) is 4.43. The lowest BCUT2D eigenvalue weighted by atomic mass is 10.1. The van der Waals surface area contributed by atoms with Crippen molar-refractivity contribution < 1.29 is 9.53 Å². The maximum atomic E-state index is 12.4. The van der Waals surface area contributed by atoms with E-state index in [0.29, 0.717) is 55.7 Å². The number of H-pyrrole nitrogens is 1. The molecule has 8 nitrogen and oxygen atoms in total. The molecule has 2 aromatic rings. The topological polar surface area (TPSA) is 100 Å². The second kappa shape index (κ2) is 8.41. The molecule has 1 aliphatic heterocycles. The predicted octanol–water partition coefficient (Wildman–Crippen LogP) is 1.64. The predicted molar refractivity (Wildman–Crippen MR) is 102 cm³/mol. The number of halogens is 1. The molecule has 1 fully saturated rings. The van der Waals surface area contributed by atoms with Gasteiger partial charge in [-0.25, -0.2) is 9.97 Å². The number of aryl methyl sites for hydroxylation is 1.